The third-order valence-electron chi connectivity index (χ3n) is 4.44. The predicted molar refractivity (Wildman–Crippen MR) is 97.0 cm³/mol. The van der Waals surface area contributed by atoms with Crippen LogP contribution in [0.4, 0.5) is 0 Å². The Bertz CT molecular complexity index is 458. The Morgan fingerprint density at radius 1 is 1.21 bits per heavy atom. The van der Waals surface area contributed by atoms with Gasteiger partial charge in [0.15, 0.2) is 0 Å². The highest BCUT2D eigenvalue weighted by atomic mass is 16.4. The van der Waals surface area contributed by atoms with Crippen molar-refractivity contribution in [3.8, 4) is 0 Å². The summed E-state index contributed by atoms with van der Waals surface area (Å²) in [7, 11) is 0. The smallest absolute Gasteiger partial charge is 0.207 e. The van der Waals surface area contributed by atoms with E-state index in [9.17, 15) is 9.90 Å². The molecule has 1 rings (SSSR count). The number of carboxylic acid groups (broad SMARTS) is 1. The first kappa shape index (κ1) is 20.6. The van der Waals surface area contributed by atoms with Crippen molar-refractivity contribution in [3.63, 3.8) is 0 Å². The Morgan fingerprint density at radius 2 is 1.92 bits per heavy atom. The molecule has 1 heterocycles. The molecule has 0 fully saturated rings. The fourth-order valence-corrected chi connectivity index (χ4v) is 3.09. The molecule has 0 aliphatic carbocycles. The molecule has 1 aliphatic heterocycles. The molecule has 0 bridgehead atoms. The van der Waals surface area contributed by atoms with Crippen LogP contribution in [0.1, 0.15) is 64.7 Å². The number of aliphatic carboxylic acids is 1. The average Bonchev–Trinajstić information content (AvgIpc) is 2.91. The van der Waals surface area contributed by atoms with Crippen molar-refractivity contribution in [1.29, 1.82) is 0 Å². The summed E-state index contributed by atoms with van der Waals surface area (Å²) in [5, 5.41) is 11.1. The van der Waals surface area contributed by atoms with Crippen molar-refractivity contribution in [2.75, 3.05) is 19.6 Å². The number of hydrogen-bond donors (Lipinski definition) is 1. The van der Waals surface area contributed by atoms with Gasteiger partial charge in [0.2, 0.25) is 5.84 Å². The largest absolute Gasteiger partial charge is 0.544 e. The van der Waals surface area contributed by atoms with Crippen molar-refractivity contribution in [3.05, 3.63) is 24.6 Å². The minimum absolute atomic E-state index is 0.0764. The van der Waals surface area contributed by atoms with E-state index in [0.29, 0.717) is 13.1 Å². The van der Waals surface area contributed by atoms with E-state index in [-0.39, 0.29) is 11.0 Å². The molecule has 0 amide bonds. The Balaban J connectivity index is 2.25. The normalized spacial score (nSPS) is 20.0. The topological polar surface area (TPSA) is 78.5 Å². The predicted octanol–water partition coefficient (Wildman–Crippen LogP) is 2.48. The molecule has 0 aromatic heterocycles. The van der Waals surface area contributed by atoms with Crippen LogP contribution in [0, 0.1) is 0 Å². The fraction of sp³-hybridized carbons (Fsp3) is 0.684. The van der Waals surface area contributed by atoms with Gasteiger partial charge in [-0.1, -0.05) is 38.3 Å². The van der Waals surface area contributed by atoms with Gasteiger partial charge in [0.25, 0.3) is 0 Å². The van der Waals surface area contributed by atoms with Crippen LogP contribution in [0.15, 0.2) is 29.5 Å². The molecule has 2 N–H and O–H groups in total. The zero-order valence-electron chi connectivity index (χ0n) is 15.1. The first-order valence-electron chi connectivity index (χ1n) is 9.31. The molecule has 5 nitrogen and oxygen atoms in total. The fourth-order valence-electron chi connectivity index (χ4n) is 3.09. The third kappa shape index (κ3) is 7.41. The zero-order chi connectivity index (χ0) is 17.7. The molecular formula is C19H33N3O2. The number of rotatable bonds is 14. The van der Waals surface area contributed by atoms with Crippen molar-refractivity contribution >= 4 is 11.8 Å². The summed E-state index contributed by atoms with van der Waals surface area (Å²) in [6, 6.07) is 0. The summed E-state index contributed by atoms with van der Waals surface area (Å²) in [6.45, 7) is 3.14. The van der Waals surface area contributed by atoms with E-state index in [1.807, 2.05) is 6.20 Å². The van der Waals surface area contributed by atoms with Crippen molar-refractivity contribution in [2.45, 2.75) is 64.7 Å². The second-order valence-electron chi connectivity index (χ2n) is 6.49. The molecule has 0 spiro atoms. The number of unbranched alkanes of at least 4 members (excludes halogenated alkanes) is 6. The number of allylic oxidation sites excluding steroid dienone is 2. The Kier molecular flexibility index (Phi) is 10.3. The Morgan fingerprint density at radius 3 is 2.54 bits per heavy atom. The maximum atomic E-state index is 11.1. The van der Waals surface area contributed by atoms with Gasteiger partial charge in [-0.2, -0.15) is 0 Å². The van der Waals surface area contributed by atoms with Crippen molar-refractivity contribution < 1.29 is 14.4 Å². The van der Waals surface area contributed by atoms with Crippen LogP contribution < -0.4 is 10.8 Å². The van der Waals surface area contributed by atoms with E-state index in [1.165, 1.54) is 32.1 Å². The number of amidine groups is 1. The molecule has 0 aromatic carbocycles. The van der Waals surface area contributed by atoms with E-state index >= 15 is 0 Å². The molecule has 1 unspecified atom stereocenters. The first-order valence-corrected chi connectivity index (χ1v) is 9.31. The number of carbonyl (C=O) groups excluding carboxylic acids is 1. The number of quaternary nitrogens is 1. The summed E-state index contributed by atoms with van der Waals surface area (Å²) >= 11 is 0. The van der Waals surface area contributed by atoms with Crippen LogP contribution in [-0.2, 0) is 4.79 Å². The third-order valence-corrected chi connectivity index (χ3v) is 4.44. The molecule has 5 heteroatoms. The number of nitrogens with two attached hydrogens (primary N) is 1. The van der Waals surface area contributed by atoms with Crippen molar-refractivity contribution in [2.24, 2.45) is 10.7 Å². The molecular weight excluding hydrogens is 302 g/mol. The van der Waals surface area contributed by atoms with Gasteiger partial charge in [-0.25, -0.2) is 9.48 Å². The second-order valence-corrected chi connectivity index (χ2v) is 6.49. The lowest BCUT2D eigenvalue weighted by Gasteiger charge is -2.32. The van der Waals surface area contributed by atoms with Gasteiger partial charge < -0.3 is 15.6 Å². The van der Waals surface area contributed by atoms with Crippen LogP contribution in [0.25, 0.3) is 0 Å². The minimum atomic E-state index is -1.06. The molecule has 24 heavy (non-hydrogen) atoms. The van der Waals surface area contributed by atoms with Gasteiger partial charge in [-0.3, -0.25) is 0 Å². The van der Waals surface area contributed by atoms with Crippen LogP contribution in [-0.4, -0.2) is 35.9 Å². The molecule has 136 valence electrons. The van der Waals surface area contributed by atoms with Gasteiger partial charge in [0.05, 0.1) is 12.2 Å². The highest BCUT2D eigenvalue weighted by molar-refractivity contribution is 5.80. The summed E-state index contributed by atoms with van der Waals surface area (Å²) < 4.78 is 0.232. The monoisotopic (exact) mass is 335 g/mol. The van der Waals surface area contributed by atoms with E-state index in [1.54, 1.807) is 6.20 Å². The van der Waals surface area contributed by atoms with Gasteiger partial charge >= 0.3 is 0 Å². The summed E-state index contributed by atoms with van der Waals surface area (Å²) in [5.74, 6) is -0.157. The first-order chi connectivity index (χ1) is 11.6. The Labute approximate surface area is 146 Å². The minimum Gasteiger partial charge on any atom is -0.544 e. The molecule has 1 atom stereocenters. The highest BCUT2D eigenvalue weighted by Gasteiger charge is 2.34. The van der Waals surface area contributed by atoms with E-state index in [2.05, 4.69) is 24.1 Å². The van der Waals surface area contributed by atoms with Gasteiger partial charge in [0, 0.05) is 13.0 Å². The zero-order valence-corrected chi connectivity index (χ0v) is 15.1. The number of aliphatic imine (C=N–C) groups is 1. The Hall–Kier alpha value is -1.46. The van der Waals surface area contributed by atoms with E-state index in [0.717, 1.165) is 31.5 Å². The maximum absolute atomic E-state index is 11.1. The SMILES string of the molecule is CCCCC/C=C/CCCCCC1=NC=C[N+]1(CCN)CC(=O)[O-]. The number of carboxylic acids is 1. The van der Waals surface area contributed by atoms with Crippen LogP contribution >= 0.6 is 0 Å². The molecule has 0 radical (unpaired) electrons. The quantitative estimate of drug-likeness (QED) is 0.301. The molecule has 0 saturated heterocycles. The molecule has 1 aliphatic rings. The lowest BCUT2D eigenvalue weighted by molar-refractivity contribution is -0.780. The average molecular weight is 335 g/mol. The van der Waals surface area contributed by atoms with E-state index < -0.39 is 5.97 Å². The van der Waals surface area contributed by atoms with Gasteiger partial charge in [-0.05, 0) is 32.1 Å². The van der Waals surface area contributed by atoms with Crippen LogP contribution in [0.2, 0.25) is 0 Å². The summed E-state index contributed by atoms with van der Waals surface area (Å²) in [6.07, 6.45) is 18.5. The van der Waals surface area contributed by atoms with Crippen LogP contribution in [0.5, 0.6) is 0 Å². The summed E-state index contributed by atoms with van der Waals surface area (Å²) in [4.78, 5) is 15.4. The number of carbonyl (C=O) groups is 1. The van der Waals surface area contributed by atoms with E-state index in [4.69, 9.17) is 5.73 Å². The molecule has 0 aromatic rings. The molecule has 0 saturated carbocycles. The standard InChI is InChI=1S/C19H33N3O2/c1-2-3-4-5-6-7-8-9-10-11-12-18-21-14-16-22(18,15-13-20)17-19(23)24/h6-7,14,16H,2-5,8-13,15,17,20H2,1H3/b7-6+. The number of nitrogens with zero attached hydrogens (tertiary/aromatic N) is 2. The highest BCUT2D eigenvalue weighted by Crippen LogP contribution is 2.20. The summed E-state index contributed by atoms with van der Waals surface area (Å²) in [5.41, 5.74) is 5.66. The van der Waals surface area contributed by atoms with Gasteiger partial charge in [-0.15, -0.1) is 0 Å². The lowest BCUT2D eigenvalue weighted by Crippen LogP contribution is -2.55. The van der Waals surface area contributed by atoms with Crippen LogP contribution in [0.3, 0.4) is 0 Å². The second kappa shape index (κ2) is 12.0. The lowest BCUT2D eigenvalue weighted by atomic mass is 10.1. The van der Waals surface area contributed by atoms with Crippen molar-refractivity contribution in [1.82, 2.24) is 0 Å². The van der Waals surface area contributed by atoms with Gasteiger partial charge in [0.1, 0.15) is 19.3 Å². The maximum Gasteiger partial charge on any atom is 0.207 e. The number of hydrogen-bond acceptors (Lipinski definition) is 4.